The molecule has 7 nitrogen and oxygen atoms in total. The summed E-state index contributed by atoms with van der Waals surface area (Å²) in [5.41, 5.74) is 1.19. The number of carbonyl (C=O) groups excluding carboxylic acids is 2. The smallest absolute Gasteiger partial charge is 0.410 e. The van der Waals surface area contributed by atoms with E-state index in [-0.39, 0.29) is 6.54 Å². The first kappa shape index (κ1) is 17.8. The number of esters is 1. The Hall–Kier alpha value is -2.57. The van der Waals surface area contributed by atoms with Crippen molar-refractivity contribution in [2.75, 3.05) is 14.2 Å². The lowest BCUT2D eigenvalue weighted by molar-refractivity contribution is 0.0279. The van der Waals surface area contributed by atoms with Crippen molar-refractivity contribution < 1.29 is 19.1 Å². The van der Waals surface area contributed by atoms with Gasteiger partial charge >= 0.3 is 12.1 Å². The second-order valence-electron chi connectivity index (χ2n) is 6.59. The van der Waals surface area contributed by atoms with E-state index < -0.39 is 17.7 Å². The van der Waals surface area contributed by atoms with Crippen molar-refractivity contribution in [2.45, 2.75) is 32.9 Å². The van der Waals surface area contributed by atoms with E-state index in [2.05, 4.69) is 4.98 Å². The number of imidazole rings is 1. The van der Waals surface area contributed by atoms with Gasteiger partial charge in [-0.05, 0) is 32.9 Å². The van der Waals surface area contributed by atoms with Gasteiger partial charge in [0.25, 0.3) is 0 Å². The number of rotatable bonds is 3. The largest absolute Gasteiger partial charge is 0.465 e. The van der Waals surface area contributed by atoms with Crippen molar-refractivity contribution in [2.24, 2.45) is 7.05 Å². The Balaban J connectivity index is 2.32. The number of aromatic nitrogens is 2. The minimum Gasteiger partial charge on any atom is -0.465 e. The molecule has 1 amide bonds. The van der Waals surface area contributed by atoms with E-state index in [0.29, 0.717) is 16.9 Å². The van der Waals surface area contributed by atoms with E-state index in [1.165, 1.54) is 12.0 Å². The zero-order valence-electron chi connectivity index (χ0n) is 14.9. The van der Waals surface area contributed by atoms with Gasteiger partial charge < -0.3 is 18.9 Å². The number of methoxy groups -OCH3 is 1. The average Bonchev–Trinajstić information content (AvgIpc) is 2.81. The lowest BCUT2D eigenvalue weighted by Crippen LogP contribution is -2.34. The number of fused-ring (bicyclic) bond motifs is 1. The van der Waals surface area contributed by atoms with Crippen molar-refractivity contribution in [3.63, 3.8) is 0 Å². The number of amides is 1. The summed E-state index contributed by atoms with van der Waals surface area (Å²) in [5.74, 6) is 0.209. The van der Waals surface area contributed by atoms with E-state index in [1.54, 1.807) is 19.2 Å². The van der Waals surface area contributed by atoms with Crippen molar-refractivity contribution in [1.82, 2.24) is 14.5 Å². The van der Waals surface area contributed by atoms with Gasteiger partial charge in [-0.2, -0.15) is 0 Å². The molecule has 130 valence electrons. The average molecular weight is 333 g/mol. The fraction of sp³-hybridized carbons (Fsp3) is 0.471. The topological polar surface area (TPSA) is 73.7 Å². The first-order chi connectivity index (χ1) is 11.1. The van der Waals surface area contributed by atoms with Crippen LogP contribution in [-0.2, 0) is 23.1 Å². The van der Waals surface area contributed by atoms with Gasteiger partial charge in [-0.1, -0.05) is 6.07 Å². The molecule has 0 fully saturated rings. The van der Waals surface area contributed by atoms with Crippen LogP contribution in [0.2, 0.25) is 0 Å². The van der Waals surface area contributed by atoms with Gasteiger partial charge in [-0.3, -0.25) is 0 Å². The van der Waals surface area contributed by atoms with Gasteiger partial charge in [0.05, 0.1) is 24.7 Å². The lowest BCUT2D eigenvalue weighted by Gasteiger charge is -2.24. The van der Waals surface area contributed by atoms with Crippen molar-refractivity contribution in [3.05, 3.63) is 29.6 Å². The molecule has 0 aliphatic heterocycles. The monoisotopic (exact) mass is 333 g/mol. The summed E-state index contributed by atoms with van der Waals surface area (Å²) in [5, 5.41) is 0. The van der Waals surface area contributed by atoms with Crippen LogP contribution in [-0.4, -0.2) is 46.3 Å². The molecule has 0 atom stereocenters. The maximum atomic E-state index is 12.1. The van der Waals surface area contributed by atoms with E-state index in [4.69, 9.17) is 9.47 Å². The molecule has 2 aromatic rings. The van der Waals surface area contributed by atoms with Gasteiger partial charge in [0.15, 0.2) is 0 Å². The summed E-state index contributed by atoms with van der Waals surface area (Å²) in [6.45, 7) is 5.71. The molecule has 0 radical (unpaired) electrons. The van der Waals surface area contributed by atoms with Crippen LogP contribution in [0.3, 0.4) is 0 Å². The van der Waals surface area contributed by atoms with Crippen LogP contribution < -0.4 is 0 Å². The van der Waals surface area contributed by atoms with Gasteiger partial charge in [-0.15, -0.1) is 0 Å². The zero-order chi connectivity index (χ0) is 18.1. The number of aryl methyl sites for hydroxylation is 1. The Morgan fingerprint density at radius 2 is 1.96 bits per heavy atom. The first-order valence-corrected chi connectivity index (χ1v) is 7.61. The molecule has 2 rings (SSSR count). The first-order valence-electron chi connectivity index (χ1n) is 7.61. The number of benzene rings is 1. The van der Waals surface area contributed by atoms with Crippen molar-refractivity contribution >= 4 is 23.1 Å². The maximum Gasteiger partial charge on any atom is 0.410 e. The van der Waals surface area contributed by atoms with Crippen molar-refractivity contribution in [1.29, 1.82) is 0 Å². The van der Waals surface area contributed by atoms with Crippen LogP contribution in [0.25, 0.3) is 11.0 Å². The highest BCUT2D eigenvalue weighted by molar-refractivity contribution is 6.02. The number of hydrogen-bond donors (Lipinski definition) is 0. The molecule has 0 aliphatic carbocycles. The summed E-state index contributed by atoms with van der Waals surface area (Å²) in [6.07, 6.45) is -0.428. The molecule has 1 aromatic carbocycles. The van der Waals surface area contributed by atoms with E-state index in [9.17, 15) is 9.59 Å². The van der Waals surface area contributed by atoms with Gasteiger partial charge in [-0.25, -0.2) is 14.6 Å². The second-order valence-corrected chi connectivity index (χ2v) is 6.59. The summed E-state index contributed by atoms with van der Waals surface area (Å²) in [6, 6.07) is 5.31. The Bertz CT molecular complexity index is 774. The molecule has 0 unspecified atom stereocenters. The Morgan fingerprint density at radius 3 is 2.54 bits per heavy atom. The normalized spacial score (nSPS) is 11.4. The third-order valence-electron chi connectivity index (χ3n) is 3.49. The van der Waals surface area contributed by atoms with Crippen LogP contribution in [0.5, 0.6) is 0 Å². The number of carbonyl (C=O) groups is 2. The molecule has 0 saturated heterocycles. The molecule has 1 aromatic heterocycles. The Morgan fingerprint density at radius 1 is 1.29 bits per heavy atom. The van der Waals surface area contributed by atoms with Gasteiger partial charge in [0.2, 0.25) is 0 Å². The summed E-state index contributed by atoms with van der Waals surface area (Å²) < 4.78 is 12.0. The minimum atomic E-state index is -0.560. The van der Waals surface area contributed by atoms with E-state index in [1.807, 2.05) is 38.5 Å². The lowest BCUT2D eigenvalue weighted by atomic mass is 10.2. The minimum absolute atomic E-state index is 0.265. The van der Waals surface area contributed by atoms with Crippen LogP contribution in [0.4, 0.5) is 4.79 Å². The molecule has 7 heteroatoms. The predicted molar refractivity (Wildman–Crippen MR) is 89.8 cm³/mol. The third kappa shape index (κ3) is 3.67. The number of nitrogens with zero attached hydrogens (tertiary/aromatic N) is 3. The molecule has 24 heavy (non-hydrogen) atoms. The molecule has 0 spiro atoms. The predicted octanol–water partition coefficient (Wildman–Crippen LogP) is 2.73. The van der Waals surface area contributed by atoms with Crippen LogP contribution in [0, 0.1) is 0 Å². The fourth-order valence-corrected chi connectivity index (χ4v) is 2.30. The number of hydrogen-bond acceptors (Lipinski definition) is 5. The summed E-state index contributed by atoms with van der Waals surface area (Å²) >= 11 is 0. The molecule has 0 saturated carbocycles. The Labute approximate surface area is 141 Å². The van der Waals surface area contributed by atoms with Gasteiger partial charge in [0, 0.05) is 14.1 Å². The Kier molecular flexibility index (Phi) is 4.82. The van der Waals surface area contributed by atoms with Crippen LogP contribution in [0.15, 0.2) is 18.2 Å². The number of ether oxygens (including phenoxy) is 2. The number of para-hydroxylation sites is 1. The van der Waals surface area contributed by atoms with Gasteiger partial charge in [0.1, 0.15) is 16.9 Å². The summed E-state index contributed by atoms with van der Waals surface area (Å²) in [7, 11) is 4.82. The maximum absolute atomic E-state index is 12.1. The van der Waals surface area contributed by atoms with Crippen molar-refractivity contribution in [3.8, 4) is 0 Å². The van der Waals surface area contributed by atoms with Crippen LogP contribution >= 0.6 is 0 Å². The second kappa shape index (κ2) is 6.51. The highest BCUT2D eigenvalue weighted by Crippen LogP contribution is 2.21. The quantitative estimate of drug-likeness (QED) is 0.808. The highest BCUT2D eigenvalue weighted by Gasteiger charge is 2.22. The standard InChI is InChI=1S/C17H23N3O4/c1-17(2,3)24-16(22)19(4)10-13-18-14-11(15(21)23-6)8-7-9-12(14)20(13)5/h7-9H,10H2,1-6H3. The summed E-state index contributed by atoms with van der Waals surface area (Å²) in [4.78, 5) is 29.9. The molecule has 0 bridgehead atoms. The molecule has 1 heterocycles. The SMILES string of the molecule is COC(=O)c1cccc2c1nc(CN(C)C(=O)OC(C)(C)C)n2C. The molecular weight excluding hydrogens is 310 g/mol. The molecule has 0 aliphatic rings. The molecule has 0 N–H and O–H groups in total. The fourth-order valence-electron chi connectivity index (χ4n) is 2.30. The highest BCUT2D eigenvalue weighted by atomic mass is 16.6. The van der Waals surface area contributed by atoms with Crippen LogP contribution in [0.1, 0.15) is 37.0 Å². The zero-order valence-corrected chi connectivity index (χ0v) is 14.9. The third-order valence-corrected chi connectivity index (χ3v) is 3.49. The van der Waals surface area contributed by atoms with E-state index in [0.717, 1.165) is 5.52 Å². The molecular formula is C17H23N3O4. The van der Waals surface area contributed by atoms with E-state index >= 15 is 0 Å².